The molecule has 9 nitrogen and oxygen atoms in total. The third kappa shape index (κ3) is 4.50. The van der Waals surface area contributed by atoms with Gasteiger partial charge in [0.2, 0.25) is 5.88 Å². The molecule has 28 heavy (non-hydrogen) atoms. The lowest BCUT2D eigenvalue weighted by Crippen LogP contribution is -2.24. The zero-order valence-corrected chi connectivity index (χ0v) is 15.2. The molecule has 0 fully saturated rings. The van der Waals surface area contributed by atoms with Gasteiger partial charge in [0.25, 0.3) is 11.6 Å². The highest BCUT2D eigenvalue weighted by atomic mass is 16.6. The number of non-ortho nitro benzene ring substituents is 1. The van der Waals surface area contributed by atoms with Crippen molar-refractivity contribution < 1.29 is 14.5 Å². The first kappa shape index (κ1) is 19.0. The monoisotopic (exact) mass is 381 g/mol. The predicted octanol–water partition coefficient (Wildman–Crippen LogP) is 2.89. The van der Waals surface area contributed by atoms with Crippen molar-refractivity contribution in [3.63, 3.8) is 0 Å². The molecule has 3 aromatic rings. The van der Waals surface area contributed by atoms with E-state index in [0.29, 0.717) is 18.2 Å². The molecule has 9 heteroatoms. The van der Waals surface area contributed by atoms with Gasteiger partial charge in [0.05, 0.1) is 17.2 Å². The maximum absolute atomic E-state index is 12.4. The molecule has 0 saturated heterocycles. The Kier molecular flexibility index (Phi) is 5.95. The number of amides is 1. The molecule has 0 radical (unpaired) electrons. The highest BCUT2D eigenvalue weighted by Crippen LogP contribution is 2.17. The second-order valence-electron chi connectivity index (χ2n) is 5.92. The minimum Gasteiger partial charge on any atom is -0.477 e. The molecule has 0 bridgehead atoms. The number of hydrogen-bond donors (Lipinski definition) is 1. The molecule has 3 rings (SSSR count). The van der Waals surface area contributed by atoms with Crippen LogP contribution in [-0.2, 0) is 6.54 Å². The van der Waals surface area contributed by atoms with Crippen LogP contribution in [0.2, 0.25) is 0 Å². The zero-order chi connectivity index (χ0) is 19.9. The van der Waals surface area contributed by atoms with Crippen molar-refractivity contribution in [2.24, 2.45) is 0 Å². The fourth-order valence-electron chi connectivity index (χ4n) is 2.49. The summed E-state index contributed by atoms with van der Waals surface area (Å²) in [5, 5.41) is 17.9. The molecule has 0 aliphatic carbocycles. The Hall–Kier alpha value is -3.75. The summed E-state index contributed by atoms with van der Waals surface area (Å²) in [6, 6.07) is 11.2. The molecule has 0 spiro atoms. The van der Waals surface area contributed by atoms with Crippen LogP contribution < -0.4 is 10.1 Å². The zero-order valence-electron chi connectivity index (χ0n) is 15.2. The number of rotatable bonds is 8. The molecule has 1 N–H and O–H groups in total. The second kappa shape index (κ2) is 8.76. The number of carbonyl (C=O) groups excluding carboxylic acids is 1. The van der Waals surface area contributed by atoms with Crippen LogP contribution >= 0.6 is 0 Å². The maximum atomic E-state index is 12.4. The van der Waals surface area contributed by atoms with Crippen LogP contribution in [0.15, 0.2) is 54.9 Å². The van der Waals surface area contributed by atoms with Crippen LogP contribution in [0.5, 0.6) is 5.88 Å². The number of pyridine rings is 1. The van der Waals surface area contributed by atoms with E-state index < -0.39 is 4.92 Å². The minimum atomic E-state index is -0.479. The summed E-state index contributed by atoms with van der Waals surface area (Å²) in [4.78, 5) is 27.0. The van der Waals surface area contributed by atoms with Gasteiger partial charge < -0.3 is 10.1 Å². The van der Waals surface area contributed by atoms with Gasteiger partial charge in [-0.1, -0.05) is 19.1 Å². The quantitative estimate of drug-likeness (QED) is 0.474. The van der Waals surface area contributed by atoms with E-state index in [1.165, 1.54) is 16.8 Å². The standard InChI is InChI=1S/C19H19N5O4/c1-2-11-28-19-14(5-4-9-20-19)13-21-18(25)17-8-10-23(22-17)15-6-3-7-16(12-15)24(26)27/h3-10,12H,2,11,13H2,1H3,(H,21,25). The van der Waals surface area contributed by atoms with Gasteiger partial charge in [-0.2, -0.15) is 5.10 Å². The lowest BCUT2D eigenvalue weighted by atomic mass is 10.2. The Morgan fingerprint density at radius 2 is 2.14 bits per heavy atom. The van der Waals surface area contributed by atoms with E-state index in [0.717, 1.165) is 12.0 Å². The van der Waals surface area contributed by atoms with Crippen LogP contribution in [0.25, 0.3) is 5.69 Å². The Balaban J connectivity index is 1.68. The van der Waals surface area contributed by atoms with Crippen molar-refractivity contribution in [3.8, 4) is 11.6 Å². The molecule has 144 valence electrons. The number of nitro groups is 1. The number of hydrogen-bond acceptors (Lipinski definition) is 6. The molecular formula is C19H19N5O4. The van der Waals surface area contributed by atoms with Gasteiger partial charge in [0, 0.05) is 36.6 Å². The number of nitrogens with one attached hydrogen (secondary N) is 1. The molecule has 0 unspecified atom stereocenters. The summed E-state index contributed by atoms with van der Waals surface area (Å²) in [5.41, 5.74) is 1.42. The van der Waals surface area contributed by atoms with E-state index in [1.54, 1.807) is 36.7 Å². The highest BCUT2D eigenvalue weighted by Gasteiger charge is 2.13. The lowest BCUT2D eigenvalue weighted by molar-refractivity contribution is -0.384. The smallest absolute Gasteiger partial charge is 0.272 e. The van der Waals surface area contributed by atoms with Crippen molar-refractivity contribution in [2.75, 3.05) is 6.61 Å². The molecule has 0 aliphatic rings. The maximum Gasteiger partial charge on any atom is 0.272 e. The second-order valence-corrected chi connectivity index (χ2v) is 5.92. The van der Waals surface area contributed by atoms with E-state index >= 15 is 0 Å². The van der Waals surface area contributed by atoms with Gasteiger partial charge in [-0.05, 0) is 24.6 Å². The van der Waals surface area contributed by atoms with Gasteiger partial charge in [-0.15, -0.1) is 0 Å². The summed E-state index contributed by atoms with van der Waals surface area (Å²) in [5.74, 6) is 0.126. The van der Waals surface area contributed by atoms with Crippen LogP contribution in [-0.4, -0.2) is 32.2 Å². The average Bonchev–Trinajstić information content (AvgIpc) is 3.21. The first-order chi connectivity index (χ1) is 13.6. The van der Waals surface area contributed by atoms with E-state index in [-0.39, 0.29) is 23.8 Å². The molecule has 1 amide bonds. The average molecular weight is 381 g/mol. The van der Waals surface area contributed by atoms with E-state index in [1.807, 2.05) is 13.0 Å². The molecule has 2 aromatic heterocycles. The Bertz CT molecular complexity index is 986. The fourth-order valence-corrected chi connectivity index (χ4v) is 2.49. The van der Waals surface area contributed by atoms with Crippen LogP contribution in [0.3, 0.4) is 0 Å². The highest BCUT2D eigenvalue weighted by molar-refractivity contribution is 5.92. The molecule has 0 atom stereocenters. The summed E-state index contributed by atoms with van der Waals surface area (Å²) in [6.45, 7) is 2.79. The summed E-state index contributed by atoms with van der Waals surface area (Å²) < 4.78 is 7.00. The lowest BCUT2D eigenvalue weighted by Gasteiger charge is -2.09. The molecular weight excluding hydrogens is 362 g/mol. The number of nitro benzene ring substituents is 1. The van der Waals surface area contributed by atoms with Gasteiger partial charge in [0.1, 0.15) is 0 Å². The number of carbonyl (C=O) groups is 1. The summed E-state index contributed by atoms with van der Waals surface area (Å²) in [7, 11) is 0. The topological polar surface area (TPSA) is 112 Å². The van der Waals surface area contributed by atoms with Crippen molar-refractivity contribution in [1.82, 2.24) is 20.1 Å². The first-order valence-electron chi connectivity index (χ1n) is 8.74. The third-order valence-electron chi connectivity index (χ3n) is 3.86. The van der Waals surface area contributed by atoms with Gasteiger partial charge in [0.15, 0.2) is 5.69 Å². The first-order valence-corrected chi connectivity index (χ1v) is 8.74. The Morgan fingerprint density at radius 1 is 1.29 bits per heavy atom. The fraction of sp³-hybridized carbons (Fsp3) is 0.211. The molecule has 1 aromatic carbocycles. The van der Waals surface area contributed by atoms with E-state index in [4.69, 9.17) is 4.74 Å². The van der Waals surface area contributed by atoms with Crippen molar-refractivity contribution in [3.05, 3.63) is 76.2 Å². The van der Waals surface area contributed by atoms with E-state index in [2.05, 4.69) is 15.4 Å². The van der Waals surface area contributed by atoms with Gasteiger partial charge >= 0.3 is 0 Å². The largest absolute Gasteiger partial charge is 0.477 e. The molecule has 0 saturated carbocycles. The summed E-state index contributed by atoms with van der Waals surface area (Å²) >= 11 is 0. The number of ether oxygens (including phenoxy) is 1. The third-order valence-corrected chi connectivity index (χ3v) is 3.86. The van der Waals surface area contributed by atoms with Crippen LogP contribution in [0.4, 0.5) is 5.69 Å². The SMILES string of the molecule is CCCOc1ncccc1CNC(=O)c1ccn(-c2cccc([N+](=O)[O-])c2)n1. The van der Waals surface area contributed by atoms with Crippen LogP contribution in [0, 0.1) is 10.1 Å². The Morgan fingerprint density at radius 3 is 2.93 bits per heavy atom. The molecule has 2 heterocycles. The predicted molar refractivity (Wildman–Crippen MR) is 101 cm³/mol. The summed E-state index contributed by atoms with van der Waals surface area (Å²) in [6.07, 6.45) is 4.07. The van der Waals surface area contributed by atoms with E-state index in [9.17, 15) is 14.9 Å². The Labute approximate surface area is 161 Å². The number of aromatic nitrogens is 3. The number of benzene rings is 1. The van der Waals surface area contributed by atoms with Crippen molar-refractivity contribution >= 4 is 11.6 Å². The van der Waals surface area contributed by atoms with Crippen molar-refractivity contribution in [2.45, 2.75) is 19.9 Å². The van der Waals surface area contributed by atoms with Gasteiger partial charge in [-0.3, -0.25) is 14.9 Å². The van der Waals surface area contributed by atoms with Crippen molar-refractivity contribution in [1.29, 1.82) is 0 Å². The van der Waals surface area contributed by atoms with Crippen LogP contribution in [0.1, 0.15) is 29.4 Å². The minimum absolute atomic E-state index is 0.0461. The number of nitrogens with zero attached hydrogens (tertiary/aromatic N) is 4. The normalized spacial score (nSPS) is 10.5. The molecule has 0 aliphatic heterocycles. The van der Waals surface area contributed by atoms with Gasteiger partial charge in [-0.25, -0.2) is 9.67 Å².